The van der Waals surface area contributed by atoms with E-state index in [2.05, 4.69) is 16.2 Å². The highest BCUT2D eigenvalue weighted by atomic mass is 16.5. The summed E-state index contributed by atoms with van der Waals surface area (Å²) in [5.74, 6) is 0.496. The van der Waals surface area contributed by atoms with Gasteiger partial charge in [-0.3, -0.25) is 0 Å². The van der Waals surface area contributed by atoms with Crippen LogP contribution < -0.4 is 0 Å². The Morgan fingerprint density at radius 1 is 1.25 bits per heavy atom. The summed E-state index contributed by atoms with van der Waals surface area (Å²) >= 11 is 0. The summed E-state index contributed by atoms with van der Waals surface area (Å²) in [5.41, 5.74) is 3.50. The van der Waals surface area contributed by atoms with E-state index in [-0.39, 0.29) is 0 Å². The van der Waals surface area contributed by atoms with Gasteiger partial charge < -0.3 is 4.52 Å². The Morgan fingerprint density at radius 2 is 1.94 bits per heavy atom. The van der Waals surface area contributed by atoms with Crippen LogP contribution in [0.5, 0.6) is 0 Å². The largest absolute Gasteiger partial charge is 0.354 e. The molecule has 4 nitrogen and oxygen atoms in total. The van der Waals surface area contributed by atoms with E-state index >= 15 is 0 Å². The molecule has 16 heavy (non-hydrogen) atoms. The standard InChI is InChI=1S/C12H10N2O2/c1-8-3-9(2)5-10(4-8)12-11(13-7-15)6-14-16-12/h3-6H,1-2H3. The molecule has 2 rings (SSSR count). The van der Waals surface area contributed by atoms with Gasteiger partial charge in [0.15, 0.2) is 5.76 Å². The lowest BCUT2D eigenvalue weighted by molar-refractivity contribution is 0.432. The molecule has 80 valence electrons. The average molecular weight is 214 g/mol. The van der Waals surface area contributed by atoms with Gasteiger partial charge >= 0.3 is 0 Å². The maximum Gasteiger partial charge on any atom is 0.240 e. The Morgan fingerprint density at radius 3 is 2.56 bits per heavy atom. The van der Waals surface area contributed by atoms with Gasteiger partial charge in [0, 0.05) is 5.56 Å². The van der Waals surface area contributed by atoms with E-state index in [9.17, 15) is 4.79 Å². The fourth-order valence-electron chi connectivity index (χ4n) is 1.67. The van der Waals surface area contributed by atoms with Crippen LogP contribution in [0.25, 0.3) is 11.3 Å². The highest BCUT2D eigenvalue weighted by molar-refractivity contribution is 5.72. The van der Waals surface area contributed by atoms with E-state index in [1.807, 2.05) is 26.0 Å². The number of hydrogen-bond acceptors (Lipinski definition) is 4. The lowest BCUT2D eigenvalue weighted by atomic mass is 10.1. The van der Waals surface area contributed by atoms with Crippen LogP contribution in [0.1, 0.15) is 11.1 Å². The van der Waals surface area contributed by atoms with Crippen LogP contribution in [0.4, 0.5) is 5.69 Å². The van der Waals surface area contributed by atoms with Crippen LogP contribution in [0, 0.1) is 13.8 Å². The van der Waals surface area contributed by atoms with Crippen molar-refractivity contribution < 1.29 is 9.32 Å². The second-order valence-electron chi connectivity index (χ2n) is 3.62. The average Bonchev–Trinajstić information content (AvgIpc) is 2.65. The molecule has 0 aliphatic carbocycles. The van der Waals surface area contributed by atoms with Crippen molar-refractivity contribution in [2.75, 3.05) is 0 Å². The number of rotatable bonds is 2. The summed E-state index contributed by atoms with van der Waals surface area (Å²) in [6.45, 7) is 3.99. The molecule has 0 aliphatic heterocycles. The second-order valence-corrected chi connectivity index (χ2v) is 3.62. The first-order chi connectivity index (χ1) is 7.70. The molecule has 0 amide bonds. The summed E-state index contributed by atoms with van der Waals surface area (Å²) in [5, 5.41) is 3.63. The van der Waals surface area contributed by atoms with Crippen LogP contribution >= 0.6 is 0 Å². The molecule has 0 saturated heterocycles. The minimum Gasteiger partial charge on any atom is -0.354 e. The second kappa shape index (κ2) is 4.13. The first-order valence-electron chi connectivity index (χ1n) is 4.82. The van der Waals surface area contributed by atoms with Gasteiger partial charge in [-0.2, -0.15) is 4.99 Å². The minimum absolute atomic E-state index is 0.403. The SMILES string of the molecule is Cc1cc(C)cc(-c2oncc2N=C=O)c1. The zero-order chi connectivity index (χ0) is 11.5. The third-order valence-corrected chi connectivity index (χ3v) is 2.20. The molecule has 0 atom stereocenters. The number of hydrogen-bond donors (Lipinski definition) is 0. The Hall–Kier alpha value is -2.19. The molecule has 0 unspecified atom stereocenters. The molecule has 0 bridgehead atoms. The van der Waals surface area contributed by atoms with Crippen molar-refractivity contribution in [1.29, 1.82) is 0 Å². The van der Waals surface area contributed by atoms with E-state index in [0.29, 0.717) is 11.4 Å². The molecule has 0 radical (unpaired) electrons. The van der Waals surface area contributed by atoms with Gasteiger partial charge in [-0.25, -0.2) is 4.79 Å². The van der Waals surface area contributed by atoms with Gasteiger partial charge in [-0.15, -0.1) is 0 Å². The van der Waals surface area contributed by atoms with Crippen LogP contribution in [0.15, 0.2) is 33.9 Å². The van der Waals surface area contributed by atoms with E-state index in [4.69, 9.17) is 4.52 Å². The van der Waals surface area contributed by atoms with Gasteiger partial charge in [0.2, 0.25) is 6.08 Å². The normalized spacial score (nSPS) is 9.88. The summed E-state index contributed by atoms with van der Waals surface area (Å²) < 4.78 is 5.09. The Bertz CT molecular complexity index is 546. The number of nitrogens with zero attached hydrogens (tertiary/aromatic N) is 2. The van der Waals surface area contributed by atoms with Crippen LogP contribution in [-0.2, 0) is 4.79 Å². The van der Waals surface area contributed by atoms with Gasteiger partial charge in [-0.05, 0) is 26.0 Å². The topological polar surface area (TPSA) is 55.5 Å². The molecule has 0 spiro atoms. The third kappa shape index (κ3) is 1.92. The van der Waals surface area contributed by atoms with E-state index in [1.54, 1.807) is 0 Å². The Balaban J connectivity index is 2.58. The van der Waals surface area contributed by atoms with Crippen molar-refractivity contribution in [3.8, 4) is 11.3 Å². The molecule has 0 N–H and O–H groups in total. The number of carbonyl (C=O) groups excluding carboxylic acids is 1. The highest BCUT2D eigenvalue weighted by Gasteiger charge is 2.10. The molecular formula is C12H10N2O2. The zero-order valence-corrected chi connectivity index (χ0v) is 9.02. The quantitative estimate of drug-likeness (QED) is 0.570. The van der Waals surface area contributed by atoms with E-state index < -0.39 is 0 Å². The van der Waals surface area contributed by atoms with Crippen LogP contribution in [0.3, 0.4) is 0 Å². The van der Waals surface area contributed by atoms with Crippen molar-refractivity contribution >= 4 is 11.8 Å². The van der Waals surface area contributed by atoms with E-state index in [1.165, 1.54) is 12.3 Å². The zero-order valence-electron chi connectivity index (χ0n) is 9.02. The van der Waals surface area contributed by atoms with Gasteiger partial charge in [0.25, 0.3) is 0 Å². The van der Waals surface area contributed by atoms with Crippen LogP contribution in [0.2, 0.25) is 0 Å². The molecule has 4 heteroatoms. The fraction of sp³-hybridized carbons (Fsp3) is 0.167. The third-order valence-electron chi connectivity index (χ3n) is 2.20. The molecule has 1 aromatic carbocycles. The number of aliphatic imine (C=N–C) groups is 1. The number of benzene rings is 1. The predicted octanol–water partition coefficient (Wildman–Crippen LogP) is 2.93. The molecule has 0 aliphatic rings. The molecule has 1 aromatic heterocycles. The lowest BCUT2D eigenvalue weighted by Gasteiger charge is -2.01. The van der Waals surface area contributed by atoms with Crippen LogP contribution in [-0.4, -0.2) is 11.2 Å². The van der Waals surface area contributed by atoms with Gasteiger partial charge in [0.1, 0.15) is 5.69 Å². The monoisotopic (exact) mass is 214 g/mol. The first kappa shape index (κ1) is 10.3. The fourth-order valence-corrected chi connectivity index (χ4v) is 1.67. The Labute approximate surface area is 92.6 Å². The maximum absolute atomic E-state index is 10.2. The molecule has 1 heterocycles. The number of isocyanates is 1. The highest BCUT2D eigenvalue weighted by Crippen LogP contribution is 2.30. The van der Waals surface area contributed by atoms with Crippen molar-refractivity contribution in [2.24, 2.45) is 4.99 Å². The van der Waals surface area contributed by atoms with Crippen molar-refractivity contribution in [2.45, 2.75) is 13.8 Å². The Kier molecular flexibility index (Phi) is 2.66. The number of aryl methyl sites for hydroxylation is 2. The first-order valence-corrected chi connectivity index (χ1v) is 4.82. The van der Waals surface area contributed by atoms with Crippen molar-refractivity contribution in [1.82, 2.24) is 5.16 Å². The molecule has 2 aromatic rings. The molecule has 0 saturated carbocycles. The van der Waals surface area contributed by atoms with Gasteiger partial charge in [0.05, 0.1) is 6.20 Å². The lowest BCUT2D eigenvalue weighted by Crippen LogP contribution is -1.81. The van der Waals surface area contributed by atoms with Crippen molar-refractivity contribution in [3.63, 3.8) is 0 Å². The number of aromatic nitrogens is 1. The summed E-state index contributed by atoms with van der Waals surface area (Å²) in [7, 11) is 0. The summed E-state index contributed by atoms with van der Waals surface area (Å²) in [4.78, 5) is 13.8. The molecular weight excluding hydrogens is 204 g/mol. The van der Waals surface area contributed by atoms with Crippen molar-refractivity contribution in [3.05, 3.63) is 35.5 Å². The maximum atomic E-state index is 10.2. The summed E-state index contributed by atoms with van der Waals surface area (Å²) in [6.07, 6.45) is 2.89. The minimum atomic E-state index is 0.403. The predicted molar refractivity (Wildman–Crippen MR) is 59.2 cm³/mol. The van der Waals surface area contributed by atoms with E-state index in [0.717, 1.165) is 16.7 Å². The van der Waals surface area contributed by atoms with Gasteiger partial charge in [-0.1, -0.05) is 22.3 Å². The molecule has 0 fully saturated rings. The summed E-state index contributed by atoms with van der Waals surface area (Å²) in [6, 6.07) is 5.97. The smallest absolute Gasteiger partial charge is 0.240 e.